The summed E-state index contributed by atoms with van der Waals surface area (Å²) in [5, 5.41) is 13.9. The van der Waals surface area contributed by atoms with E-state index in [9.17, 15) is 14.7 Å². The van der Waals surface area contributed by atoms with Crippen molar-refractivity contribution < 1.29 is 19.4 Å². The molecule has 4 aromatic carbocycles. The van der Waals surface area contributed by atoms with Crippen molar-refractivity contribution >= 4 is 28.3 Å². The summed E-state index contributed by atoms with van der Waals surface area (Å²) in [4.78, 5) is 24.2. The first-order valence-electron chi connectivity index (χ1n) is 9.46. The largest absolute Gasteiger partial charge is 0.478 e. The third-order valence-corrected chi connectivity index (χ3v) is 4.66. The van der Waals surface area contributed by atoms with E-state index in [0.29, 0.717) is 5.75 Å². The summed E-state index contributed by atoms with van der Waals surface area (Å²) in [6.45, 7) is 0. The predicted molar refractivity (Wildman–Crippen MR) is 116 cm³/mol. The van der Waals surface area contributed by atoms with Crippen LogP contribution in [-0.4, -0.2) is 17.0 Å². The highest BCUT2D eigenvalue weighted by Gasteiger charge is 2.14. The van der Waals surface area contributed by atoms with E-state index in [1.165, 1.54) is 0 Å². The number of carboxylic acids is 1. The highest BCUT2D eigenvalue weighted by Crippen LogP contribution is 2.25. The number of amides is 1. The number of ether oxygens (including phenoxy) is 1. The Balaban J connectivity index is 1.47. The number of nitrogens with one attached hydrogen (secondary N) is 1. The normalized spacial score (nSPS) is 10.5. The summed E-state index contributed by atoms with van der Waals surface area (Å²) in [7, 11) is 0. The van der Waals surface area contributed by atoms with E-state index in [1.54, 1.807) is 24.3 Å². The minimum absolute atomic E-state index is 0.0636. The van der Waals surface area contributed by atoms with E-state index in [0.717, 1.165) is 22.1 Å². The summed E-state index contributed by atoms with van der Waals surface area (Å²) in [5.41, 5.74) is 1.15. The molecule has 0 unspecified atom stereocenters. The van der Waals surface area contributed by atoms with E-state index < -0.39 is 5.97 Å². The van der Waals surface area contributed by atoms with Gasteiger partial charge in [0.2, 0.25) is 5.91 Å². The van der Waals surface area contributed by atoms with Crippen LogP contribution in [0.15, 0.2) is 91.0 Å². The number of aromatic carboxylic acids is 1. The molecule has 0 bridgehead atoms. The van der Waals surface area contributed by atoms with Crippen molar-refractivity contribution in [1.29, 1.82) is 0 Å². The Kier molecular flexibility index (Phi) is 5.44. The summed E-state index contributed by atoms with van der Waals surface area (Å²) in [6.07, 6.45) is 0.123. The average molecular weight is 397 g/mol. The fourth-order valence-electron chi connectivity index (χ4n) is 3.20. The number of hydrogen-bond acceptors (Lipinski definition) is 3. The molecule has 0 aliphatic rings. The number of carbonyl (C=O) groups excluding carboxylic acids is 1. The molecule has 0 aliphatic carbocycles. The third-order valence-electron chi connectivity index (χ3n) is 4.66. The Labute approximate surface area is 173 Å². The standard InChI is InChI=1S/C25H19NO4/c27-24(14-17-10-12-21(13-11-17)30-20-8-2-1-3-9-20)26-23-16-19-7-5-4-6-18(19)15-22(23)25(28)29/h1-13,15-16H,14H2,(H,26,27)(H,28,29). The molecule has 5 nitrogen and oxygen atoms in total. The summed E-state index contributed by atoms with van der Waals surface area (Å²) in [5.74, 6) is 0.0384. The van der Waals surface area contributed by atoms with E-state index in [-0.39, 0.29) is 23.6 Å². The minimum Gasteiger partial charge on any atom is -0.478 e. The quantitative estimate of drug-likeness (QED) is 0.450. The van der Waals surface area contributed by atoms with E-state index in [1.807, 2.05) is 66.7 Å². The minimum atomic E-state index is -1.08. The molecule has 4 rings (SSSR count). The SMILES string of the molecule is O=C(Cc1ccc(Oc2ccccc2)cc1)Nc1cc2ccccc2cc1C(=O)O. The maximum atomic E-state index is 12.5. The zero-order valence-electron chi connectivity index (χ0n) is 16.0. The van der Waals surface area contributed by atoms with Crippen LogP contribution in [0.5, 0.6) is 11.5 Å². The van der Waals surface area contributed by atoms with Crippen LogP contribution in [-0.2, 0) is 11.2 Å². The van der Waals surface area contributed by atoms with Crippen molar-refractivity contribution in [3.8, 4) is 11.5 Å². The zero-order chi connectivity index (χ0) is 20.9. The van der Waals surface area contributed by atoms with Gasteiger partial charge in [0.1, 0.15) is 11.5 Å². The van der Waals surface area contributed by atoms with Crippen molar-refractivity contribution in [1.82, 2.24) is 0 Å². The van der Waals surface area contributed by atoms with Gasteiger partial charge in [-0.25, -0.2) is 4.79 Å². The van der Waals surface area contributed by atoms with Crippen LogP contribution < -0.4 is 10.1 Å². The van der Waals surface area contributed by atoms with Crippen molar-refractivity contribution in [3.05, 3.63) is 102 Å². The van der Waals surface area contributed by atoms with Crippen LogP contribution in [0.4, 0.5) is 5.69 Å². The number of para-hydroxylation sites is 1. The number of carbonyl (C=O) groups is 2. The Morgan fingerprint density at radius 1 is 0.767 bits per heavy atom. The van der Waals surface area contributed by atoms with Gasteiger partial charge >= 0.3 is 5.97 Å². The molecule has 4 aromatic rings. The van der Waals surface area contributed by atoms with Gasteiger partial charge < -0.3 is 15.2 Å². The molecule has 0 spiro atoms. The molecule has 148 valence electrons. The number of anilines is 1. The Hall–Kier alpha value is -4.12. The van der Waals surface area contributed by atoms with Gasteiger partial charge in [0, 0.05) is 0 Å². The maximum Gasteiger partial charge on any atom is 0.337 e. The van der Waals surface area contributed by atoms with Crippen LogP contribution in [0, 0.1) is 0 Å². The van der Waals surface area contributed by atoms with Crippen molar-refractivity contribution in [3.63, 3.8) is 0 Å². The van der Waals surface area contributed by atoms with Gasteiger partial charge in [-0.15, -0.1) is 0 Å². The third kappa shape index (κ3) is 4.47. The van der Waals surface area contributed by atoms with Crippen molar-refractivity contribution in [2.45, 2.75) is 6.42 Å². The number of hydrogen-bond donors (Lipinski definition) is 2. The van der Waals surface area contributed by atoms with Crippen LogP contribution in [0.25, 0.3) is 10.8 Å². The lowest BCUT2D eigenvalue weighted by Gasteiger charge is -2.11. The highest BCUT2D eigenvalue weighted by molar-refractivity contribution is 6.05. The molecule has 0 aromatic heterocycles. The molecule has 2 N–H and O–H groups in total. The lowest BCUT2D eigenvalue weighted by Crippen LogP contribution is -2.16. The fourth-order valence-corrected chi connectivity index (χ4v) is 3.20. The molecule has 0 saturated carbocycles. The average Bonchev–Trinajstić information content (AvgIpc) is 2.75. The molecular weight excluding hydrogens is 378 g/mol. The first kappa shape index (κ1) is 19.2. The first-order chi connectivity index (χ1) is 14.6. The number of benzene rings is 4. The van der Waals surface area contributed by atoms with Gasteiger partial charge in [-0.3, -0.25) is 4.79 Å². The van der Waals surface area contributed by atoms with Crippen LogP contribution in [0.3, 0.4) is 0 Å². The monoisotopic (exact) mass is 397 g/mol. The van der Waals surface area contributed by atoms with Gasteiger partial charge in [0.05, 0.1) is 17.7 Å². The second kappa shape index (κ2) is 8.49. The number of rotatable bonds is 6. The van der Waals surface area contributed by atoms with Gasteiger partial charge in [-0.05, 0) is 52.7 Å². The van der Waals surface area contributed by atoms with Crippen molar-refractivity contribution in [2.24, 2.45) is 0 Å². The number of fused-ring (bicyclic) bond motifs is 1. The van der Waals surface area contributed by atoms with Crippen LogP contribution >= 0.6 is 0 Å². The topological polar surface area (TPSA) is 75.6 Å². The smallest absolute Gasteiger partial charge is 0.337 e. The zero-order valence-corrected chi connectivity index (χ0v) is 16.0. The lowest BCUT2D eigenvalue weighted by atomic mass is 10.0. The molecule has 0 aliphatic heterocycles. The predicted octanol–water partition coefficient (Wildman–Crippen LogP) is 5.51. The molecule has 1 amide bonds. The van der Waals surface area contributed by atoms with Gasteiger partial charge in [0.15, 0.2) is 0 Å². The van der Waals surface area contributed by atoms with Gasteiger partial charge in [-0.2, -0.15) is 0 Å². The Bertz CT molecular complexity index is 1200. The summed E-state index contributed by atoms with van der Waals surface area (Å²) < 4.78 is 5.75. The van der Waals surface area contributed by atoms with Crippen molar-refractivity contribution in [2.75, 3.05) is 5.32 Å². The fraction of sp³-hybridized carbons (Fsp3) is 0.0400. The first-order valence-corrected chi connectivity index (χ1v) is 9.46. The highest BCUT2D eigenvalue weighted by atomic mass is 16.5. The molecule has 0 radical (unpaired) electrons. The molecule has 0 saturated heterocycles. The second-order valence-corrected chi connectivity index (χ2v) is 6.83. The number of carboxylic acid groups (broad SMARTS) is 1. The Morgan fingerprint density at radius 2 is 1.37 bits per heavy atom. The molecule has 0 fully saturated rings. The van der Waals surface area contributed by atoms with Crippen LogP contribution in [0.1, 0.15) is 15.9 Å². The summed E-state index contributed by atoms with van der Waals surface area (Å²) in [6, 6.07) is 27.4. The second-order valence-electron chi connectivity index (χ2n) is 6.83. The Morgan fingerprint density at radius 3 is 2.03 bits per heavy atom. The summed E-state index contributed by atoms with van der Waals surface area (Å²) >= 11 is 0. The van der Waals surface area contributed by atoms with Crippen LogP contribution in [0.2, 0.25) is 0 Å². The molecule has 0 atom stereocenters. The van der Waals surface area contributed by atoms with E-state index in [4.69, 9.17) is 4.74 Å². The molecule has 5 heteroatoms. The van der Waals surface area contributed by atoms with E-state index >= 15 is 0 Å². The molecular formula is C25H19NO4. The van der Waals surface area contributed by atoms with Gasteiger partial charge in [-0.1, -0.05) is 54.6 Å². The maximum absolute atomic E-state index is 12.5. The van der Waals surface area contributed by atoms with Gasteiger partial charge in [0.25, 0.3) is 0 Å². The lowest BCUT2D eigenvalue weighted by molar-refractivity contribution is -0.115. The molecule has 30 heavy (non-hydrogen) atoms. The molecule has 0 heterocycles. The van der Waals surface area contributed by atoms with E-state index in [2.05, 4.69) is 5.32 Å².